The second-order valence-corrected chi connectivity index (χ2v) is 7.28. The molecule has 1 aromatic heterocycles. The van der Waals surface area contributed by atoms with Gasteiger partial charge in [0.25, 0.3) is 0 Å². The molecule has 0 spiro atoms. The van der Waals surface area contributed by atoms with Crippen molar-refractivity contribution in [3.63, 3.8) is 0 Å². The zero-order valence-electron chi connectivity index (χ0n) is 13.9. The molecular weight excluding hydrogens is 322 g/mol. The average molecular weight is 345 g/mol. The van der Waals surface area contributed by atoms with E-state index in [9.17, 15) is 4.79 Å². The number of carbonyl (C=O) groups excluding carboxylic acids is 1. The molecule has 3 rings (SSSR count). The normalized spacial score (nSPS) is 17.7. The highest BCUT2D eigenvalue weighted by atomic mass is 32.1. The monoisotopic (exact) mass is 345 g/mol. The number of hydrogen-bond donors (Lipinski definition) is 1. The van der Waals surface area contributed by atoms with Crippen LogP contribution in [0.1, 0.15) is 15.4 Å². The highest BCUT2D eigenvalue weighted by Gasteiger charge is 2.24. The smallest absolute Gasteiger partial charge is 0.317 e. The maximum absolute atomic E-state index is 12.3. The highest BCUT2D eigenvalue weighted by Crippen LogP contribution is 2.13. The minimum Gasteiger partial charge on any atom is -0.374 e. The molecule has 0 saturated carbocycles. The molecule has 24 heavy (non-hydrogen) atoms. The largest absolute Gasteiger partial charge is 0.374 e. The van der Waals surface area contributed by atoms with E-state index in [4.69, 9.17) is 4.74 Å². The molecule has 1 saturated heterocycles. The number of ether oxygens (including phenoxy) is 1. The third-order valence-corrected chi connectivity index (χ3v) is 5.02. The van der Waals surface area contributed by atoms with E-state index < -0.39 is 0 Å². The Morgan fingerprint density at radius 1 is 1.42 bits per heavy atom. The van der Waals surface area contributed by atoms with Gasteiger partial charge in [-0.15, -0.1) is 11.3 Å². The molecule has 128 valence electrons. The molecule has 1 N–H and O–H groups in total. The molecule has 2 aromatic rings. The minimum absolute atomic E-state index is 0.00222. The quantitative estimate of drug-likeness (QED) is 0.906. The number of carbonyl (C=O) groups is 1. The van der Waals surface area contributed by atoms with Gasteiger partial charge in [0.15, 0.2) is 0 Å². The number of benzene rings is 1. The van der Waals surface area contributed by atoms with Crippen LogP contribution in [0, 0.1) is 6.92 Å². The third-order valence-electron chi connectivity index (χ3n) is 4.05. The number of hydrogen-bond acceptors (Lipinski definition) is 4. The van der Waals surface area contributed by atoms with Gasteiger partial charge in [-0.1, -0.05) is 30.3 Å². The van der Waals surface area contributed by atoms with Crippen molar-refractivity contribution in [2.24, 2.45) is 0 Å². The summed E-state index contributed by atoms with van der Waals surface area (Å²) in [4.78, 5) is 19.6. The van der Waals surface area contributed by atoms with Gasteiger partial charge in [0.1, 0.15) is 0 Å². The Kier molecular flexibility index (Phi) is 5.82. The molecule has 2 heterocycles. The zero-order valence-corrected chi connectivity index (χ0v) is 14.7. The lowest BCUT2D eigenvalue weighted by Gasteiger charge is -2.33. The van der Waals surface area contributed by atoms with E-state index in [0.717, 1.165) is 17.8 Å². The number of amides is 2. The molecule has 1 aliphatic heterocycles. The van der Waals surface area contributed by atoms with E-state index in [2.05, 4.69) is 22.4 Å². The van der Waals surface area contributed by atoms with Crippen molar-refractivity contribution >= 4 is 17.4 Å². The Hall–Kier alpha value is -1.92. The maximum Gasteiger partial charge on any atom is 0.317 e. The summed E-state index contributed by atoms with van der Waals surface area (Å²) in [7, 11) is 0. The van der Waals surface area contributed by atoms with Crippen LogP contribution in [0.3, 0.4) is 0 Å². The highest BCUT2D eigenvalue weighted by molar-refractivity contribution is 7.11. The van der Waals surface area contributed by atoms with Crippen LogP contribution in [0.25, 0.3) is 0 Å². The number of aromatic nitrogens is 1. The van der Waals surface area contributed by atoms with Crippen molar-refractivity contribution in [3.8, 4) is 0 Å². The van der Waals surface area contributed by atoms with Crippen LogP contribution >= 0.6 is 11.3 Å². The zero-order chi connectivity index (χ0) is 16.8. The van der Waals surface area contributed by atoms with Gasteiger partial charge in [0.05, 0.1) is 17.7 Å². The summed E-state index contributed by atoms with van der Waals surface area (Å²) in [5.41, 5.74) is 1.24. The topological polar surface area (TPSA) is 54.5 Å². The number of nitrogens with zero attached hydrogens (tertiary/aromatic N) is 2. The molecule has 0 radical (unpaired) electrons. The van der Waals surface area contributed by atoms with Crippen LogP contribution < -0.4 is 5.32 Å². The molecule has 2 amide bonds. The number of nitrogens with one attached hydrogen (secondary N) is 1. The van der Waals surface area contributed by atoms with Gasteiger partial charge in [-0.05, 0) is 12.5 Å². The van der Waals surface area contributed by atoms with Gasteiger partial charge in [0, 0.05) is 43.5 Å². The van der Waals surface area contributed by atoms with Gasteiger partial charge in [0.2, 0.25) is 0 Å². The maximum atomic E-state index is 12.3. The Morgan fingerprint density at radius 2 is 2.25 bits per heavy atom. The van der Waals surface area contributed by atoms with Crippen LogP contribution in [0.15, 0.2) is 36.5 Å². The molecule has 6 heteroatoms. The SMILES string of the molecule is Cc1ncc(CCNC(=O)N2CCOC(Cc3ccccc3)C2)s1. The fourth-order valence-electron chi connectivity index (χ4n) is 2.83. The van der Waals surface area contributed by atoms with E-state index in [1.807, 2.05) is 36.2 Å². The fraction of sp³-hybridized carbons (Fsp3) is 0.444. The second-order valence-electron chi connectivity index (χ2n) is 5.96. The van der Waals surface area contributed by atoms with Crippen molar-refractivity contribution in [2.45, 2.75) is 25.9 Å². The van der Waals surface area contributed by atoms with Gasteiger partial charge in [-0.3, -0.25) is 0 Å². The summed E-state index contributed by atoms with van der Waals surface area (Å²) in [5.74, 6) is 0. The van der Waals surface area contributed by atoms with Crippen molar-refractivity contribution in [1.82, 2.24) is 15.2 Å². The third kappa shape index (κ3) is 4.79. The van der Waals surface area contributed by atoms with Gasteiger partial charge in [-0.25, -0.2) is 9.78 Å². The number of aryl methyl sites for hydroxylation is 1. The Morgan fingerprint density at radius 3 is 3.00 bits per heavy atom. The molecule has 1 fully saturated rings. The average Bonchev–Trinajstić information content (AvgIpc) is 3.01. The predicted molar refractivity (Wildman–Crippen MR) is 95.4 cm³/mol. The van der Waals surface area contributed by atoms with Crippen molar-refractivity contribution in [1.29, 1.82) is 0 Å². The van der Waals surface area contributed by atoms with E-state index in [1.165, 1.54) is 10.4 Å². The van der Waals surface area contributed by atoms with Crippen LogP contribution in [0.4, 0.5) is 4.79 Å². The Bertz CT molecular complexity index is 659. The predicted octanol–water partition coefficient (Wildman–Crippen LogP) is 2.65. The van der Waals surface area contributed by atoms with Crippen LogP contribution in [-0.2, 0) is 17.6 Å². The van der Waals surface area contributed by atoms with E-state index in [0.29, 0.717) is 26.2 Å². The number of thiazole rings is 1. The number of morpholine rings is 1. The van der Waals surface area contributed by atoms with Gasteiger partial charge < -0.3 is 15.0 Å². The van der Waals surface area contributed by atoms with Crippen molar-refractivity contribution in [3.05, 3.63) is 52.0 Å². The molecule has 0 aliphatic carbocycles. The first-order valence-corrected chi connectivity index (χ1v) is 9.12. The summed E-state index contributed by atoms with van der Waals surface area (Å²) >= 11 is 1.68. The summed E-state index contributed by atoms with van der Waals surface area (Å²) in [6, 6.07) is 10.3. The summed E-state index contributed by atoms with van der Waals surface area (Å²) in [5, 5.41) is 4.07. The molecule has 1 aromatic carbocycles. The molecule has 0 bridgehead atoms. The van der Waals surface area contributed by atoms with Gasteiger partial charge in [-0.2, -0.15) is 0 Å². The summed E-state index contributed by atoms with van der Waals surface area (Å²) < 4.78 is 5.81. The summed E-state index contributed by atoms with van der Waals surface area (Å²) in [6.45, 7) is 4.52. The lowest BCUT2D eigenvalue weighted by atomic mass is 10.1. The first kappa shape index (κ1) is 16.9. The molecule has 5 nitrogen and oxygen atoms in total. The molecule has 1 aliphatic rings. The molecular formula is C18H23N3O2S. The van der Waals surface area contributed by atoms with Crippen LogP contribution in [0.2, 0.25) is 0 Å². The number of rotatable bonds is 5. The molecule has 1 atom stereocenters. The van der Waals surface area contributed by atoms with E-state index in [-0.39, 0.29) is 12.1 Å². The second kappa shape index (κ2) is 8.26. The Labute approximate surface area is 146 Å². The fourth-order valence-corrected chi connectivity index (χ4v) is 3.62. The number of urea groups is 1. The van der Waals surface area contributed by atoms with Crippen molar-refractivity contribution < 1.29 is 9.53 Å². The lowest BCUT2D eigenvalue weighted by Crippen LogP contribution is -2.50. The lowest BCUT2D eigenvalue weighted by molar-refractivity contribution is -0.0132. The van der Waals surface area contributed by atoms with Crippen molar-refractivity contribution in [2.75, 3.05) is 26.2 Å². The minimum atomic E-state index is -0.00222. The van der Waals surface area contributed by atoms with Gasteiger partial charge >= 0.3 is 6.03 Å². The molecule has 1 unspecified atom stereocenters. The summed E-state index contributed by atoms with van der Waals surface area (Å²) in [6.07, 6.45) is 3.62. The Balaban J connectivity index is 1.44. The first-order valence-electron chi connectivity index (χ1n) is 8.30. The first-order chi connectivity index (χ1) is 11.7. The van der Waals surface area contributed by atoms with Crippen LogP contribution in [-0.4, -0.2) is 48.3 Å². The van der Waals surface area contributed by atoms with E-state index in [1.54, 1.807) is 11.3 Å². The van der Waals surface area contributed by atoms with E-state index >= 15 is 0 Å². The van der Waals surface area contributed by atoms with Crippen LogP contribution in [0.5, 0.6) is 0 Å². The standard InChI is InChI=1S/C18H23N3O2S/c1-14-20-12-17(24-14)7-8-19-18(22)21-9-10-23-16(13-21)11-15-5-3-2-4-6-15/h2-6,12,16H,7-11,13H2,1H3,(H,19,22).